The number of hydrogen-bond acceptors (Lipinski definition) is 5. The summed E-state index contributed by atoms with van der Waals surface area (Å²) in [7, 11) is 0. The Morgan fingerprint density at radius 1 is 0.487 bits per heavy atom. The Bertz CT molecular complexity index is 2240. The molecule has 5 aromatic heterocycles. The molecule has 0 saturated carbocycles. The summed E-state index contributed by atoms with van der Waals surface area (Å²) in [6, 6.07) is 33.6. The molecule has 9 rings (SSSR count). The highest BCUT2D eigenvalue weighted by atomic mass is 32.1. The molecule has 0 spiro atoms. The quantitative estimate of drug-likeness (QED) is 0.228. The molecule has 0 amide bonds. The number of rotatable bonds is 2. The van der Waals surface area contributed by atoms with Crippen LogP contribution in [0, 0.1) is 0 Å². The summed E-state index contributed by atoms with van der Waals surface area (Å²) in [6.45, 7) is 0. The number of pyridine rings is 2. The lowest BCUT2D eigenvalue weighted by molar-refractivity contribution is 0.669. The molecule has 0 N–H and O–H groups in total. The van der Waals surface area contributed by atoms with Crippen LogP contribution in [0.2, 0.25) is 0 Å². The second-order valence-electron chi connectivity index (χ2n) is 9.79. The fourth-order valence-electron chi connectivity index (χ4n) is 5.78. The minimum absolute atomic E-state index is 0.822. The van der Waals surface area contributed by atoms with E-state index in [9.17, 15) is 0 Å². The number of thiophene rings is 1. The number of benzene rings is 4. The summed E-state index contributed by atoms with van der Waals surface area (Å²) in [5.74, 6) is 0. The van der Waals surface area contributed by atoms with Crippen LogP contribution in [-0.2, 0) is 0 Å². The fourth-order valence-corrected chi connectivity index (χ4v) is 6.84. The van der Waals surface area contributed by atoms with E-state index in [2.05, 4.69) is 58.5 Å². The Hall–Kier alpha value is -5.00. The number of aromatic nitrogens is 2. The van der Waals surface area contributed by atoms with Crippen molar-refractivity contribution in [3.05, 3.63) is 109 Å². The van der Waals surface area contributed by atoms with Gasteiger partial charge in [0.05, 0.1) is 0 Å². The molecule has 0 aliphatic heterocycles. The van der Waals surface area contributed by atoms with Crippen molar-refractivity contribution in [3.8, 4) is 22.3 Å². The lowest BCUT2D eigenvalue weighted by Crippen LogP contribution is -1.82. The SMILES string of the molecule is c1ccc2c(c1)oc1c(-c3ccc4sc5ccc(-c6ccnc7c6oc6ccccc67)cc5c4c3)ccnc12. The van der Waals surface area contributed by atoms with E-state index in [0.717, 1.165) is 66.4 Å². The van der Waals surface area contributed by atoms with E-state index in [1.54, 1.807) is 0 Å². The maximum atomic E-state index is 6.29. The molecule has 4 aromatic carbocycles. The van der Waals surface area contributed by atoms with Crippen molar-refractivity contribution in [2.24, 2.45) is 0 Å². The maximum Gasteiger partial charge on any atom is 0.161 e. The van der Waals surface area contributed by atoms with Crippen molar-refractivity contribution in [3.63, 3.8) is 0 Å². The summed E-state index contributed by atoms with van der Waals surface area (Å²) in [5, 5.41) is 4.53. The van der Waals surface area contributed by atoms with Gasteiger partial charge in [-0.3, -0.25) is 9.97 Å². The van der Waals surface area contributed by atoms with Gasteiger partial charge in [-0.05, 0) is 71.8 Å². The third-order valence-corrected chi connectivity index (χ3v) is 8.76. The van der Waals surface area contributed by atoms with Crippen LogP contribution in [0.3, 0.4) is 0 Å². The molecule has 5 heterocycles. The van der Waals surface area contributed by atoms with E-state index in [1.165, 1.54) is 20.2 Å². The van der Waals surface area contributed by atoms with Crippen molar-refractivity contribution in [2.45, 2.75) is 0 Å². The third kappa shape index (κ3) is 2.99. The highest BCUT2D eigenvalue weighted by molar-refractivity contribution is 7.25. The van der Waals surface area contributed by atoms with Gasteiger partial charge in [-0.1, -0.05) is 36.4 Å². The molecule has 0 aliphatic rings. The predicted molar refractivity (Wildman–Crippen MR) is 160 cm³/mol. The standard InChI is InChI=1S/C34H18N2O2S/c1-3-7-27-23(5-1)31-33(37-27)21(13-15-35-31)19-9-11-29-25(17-19)26-18-20(10-12-30(26)39-29)22-14-16-36-32-24-6-2-4-8-28(24)38-34(22)32/h1-18H. The highest BCUT2D eigenvalue weighted by Gasteiger charge is 2.17. The fraction of sp³-hybridized carbons (Fsp3) is 0. The number of hydrogen-bond donors (Lipinski definition) is 0. The van der Waals surface area contributed by atoms with E-state index < -0.39 is 0 Å². The van der Waals surface area contributed by atoms with Crippen molar-refractivity contribution >= 4 is 75.6 Å². The third-order valence-electron chi connectivity index (χ3n) is 7.61. The first kappa shape index (κ1) is 21.0. The Morgan fingerprint density at radius 3 is 1.49 bits per heavy atom. The topological polar surface area (TPSA) is 52.1 Å². The van der Waals surface area contributed by atoms with E-state index in [-0.39, 0.29) is 0 Å². The smallest absolute Gasteiger partial charge is 0.161 e. The van der Waals surface area contributed by atoms with Crippen molar-refractivity contribution < 1.29 is 8.83 Å². The molecular weight excluding hydrogens is 500 g/mol. The normalized spacial score (nSPS) is 12.1. The molecule has 5 heteroatoms. The second-order valence-corrected chi connectivity index (χ2v) is 10.9. The van der Waals surface area contributed by atoms with Gasteiger partial charge >= 0.3 is 0 Å². The number of fused-ring (bicyclic) bond motifs is 9. The largest absolute Gasteiger partial charge is 0.454 e. The molecule has 0 bridgehead atoms. The van der Waals surface area contributed by atoms with Gasteiger partial charge in [0.1, 0.15) is 22.2 Å². The van der Waals surface area contributed by atoms with Crippen LogP contribution in [0.5, 0.6) is 0 Å². The van der Waals surface area contributed by atoms with Crippen molar-refractivity contribution in [1.82, 2.24) is 9.97 Å². The van der Waals surface area contributed by atoms with Crippen LogP contribution >= 0.6 is 11.3 Å². The Labute approximate surface area is 225 Å². The molecule has 0 atom stereocenters. The first-order valence-corrected chi connectivity index (χ1v) is 13.6. The molecule has 0 saturated heterocycles. The lowest BCUT2D eigenvalue weighted by atomic mass is 10.00. The first-order valence-electron chi connectivity index (χ1n) is 12.8. The first-order chi connectivity index (χ1) is 19.3. The minimum atomic E-state index is 0.822. The molecule has 182 valence electrons. The van der Waals surface area contributed by atoms with Crippen LogP contribution in [0.25, 0.3) is 86.6 Å². The van der Waals surface area contributed by atoms with Gasteiger partial charge < -0.3 is 8.83 Å². The van der Waals surface area contributed by atoms with Crippen LogP contribution in [-0.4, -0.2) is 9.97 Å². The number of para-hydroxylation sites is 2. The molecule has 0 fully saturated rings. The number of nitrogens with zero attached hydrogens (tertiary/aromatic N) is 2. The molecule has 0 aliphatic carbocycles. The van der Waals surface area contributed by atoms with Crippen LogP contribution in [0.15, 0.2) is 118 Å². The van der Waals surface area contributed by atoms with Gasteiger partial charge in [0.2, 0.25) is 0 Å². The summed E-state index contributed by atoms with van der Waals surface area (Å²) in [6.07, 6.45) is 3.74. The molecule has 4 nitrogen and oxygen atoms in total. The second kappa shape index (κ2) is 7.76. The summed E-state index contributed by atoms with van der Waals surface area (Å²) >= 11 is 1.81. The molecule has 9 aromatic rings. The van der Waals surface area contributed by atoms with Crippen LogP contribution in [0.4, 0.5) is 0 Å². The predicted octanol–water partition coefficient (Wildman–Crippen LogP) is 9.98. The van der Waals surface area contributed by atoms with Gasteiger partial charge in [-0.15, -0.1) is 11.3 Å². The Morgan fingerprint density at radius 2 is 0.974 bits per heavy atom. The van der Waals surface area contributed by atoms with E-state index >= 15 is 0 Å². The maximum absolute atomic E-state index is 6.29. The molecule has 39 heavy (non-hydrogen) atoms. The van der Waals surface area contributed by atoms with Gasteiger partial charge in [-0.2, -0.15) is 0 Å². The lowest BCUT2D eigenvalue weighted by Gasteiger charge is -2.05. The zero-order chi connectivity index (χ0) is 25.5. The minimum Gasteiger partial charge on any atom is -0.454 e. The Balaban J connectivity index is 1.26. The van der Waals surface area contributed by atoms with E-state index in [4.69, 9.17) is 8.83 Å². The summed E-state index contributed by atoms with van der Waals surface area (Å²) in [5.41, 5.74) is 9.47. The molecule has 0 unspecified atom stereocenters. The van der Waals surface area contributed by atoms with Crippen molar-refractivity contribution in [1.29, 1.82) is 0 Å². The van der Waals surface area contributed by atoms with Crippen molar-refractivity contribution in [2.75, 3.05) is 0 Å². The number of furan rings is 2. The van der Waals surface area contributed by atoms with E-state index in [1.807, 2.05) is 72.3 Å². The zero-order valence-corrected chi connectivity index (χ0v) is 21.3. The average Bonchev–Trinajstić information content (AvgIpc) is 3.67. The molecule has 0 radical (unpaired) electrons. The van der Waals surface area contributed by atoms with Gasteiger partial charge in [0.25, 0.3) is 0 Å². The van der Waals surface area contributed by atoms with Crippen LogP contribution in [0.1, 0.15) is 0 Å². The zero-order valence-electron chi connectivity index (χ0n) is 20.5. The summed E-state index contributed by atoms with van der Waals surface area (Å²) in [4.78, 5) is 9.28. The van der Waals surface area contributed by atoms with Gasteiger partial charge in [0, 0.05) is 54.5 Å². The highest BCUT2D eigenvalue weighted by Crippen LogP contribution is 2.42. The monoisotopic (exact) mass is 518 g/mol. The van der Waals surface area contributed by atoms with Gasteiger partial charge in [-0.25, -0.2) is 0 Å². The van der Waals surface area contributed by atoms with Gasteiger partial charge in [0.15, 0.2) is 11.2 Å². The summed E-state index contributed by atoms with van der Waals surface area (Å²) < 4.78 is 15.1. The van der Waals surface area contributed by atoms with Crippen LogP contribution < -0.4 is 0 Å². The average molecular weight is 519 g/mol. The molecular formula is C34H18N2O2S. The van der Waals surface area contributed by atoms with E-state index in [0.29, 0.717) is 0 Å². The Kier molecular flexibility index (Phi) is 4.18.